The van der Waals surface area contributed by atoms with Crippen molar-refractivity contribution in [2.24, 2.45) is 5.92 Å². The van der Waals surface area contributed by atoms with Crippen molar-refractivity contribution in [1.82, 2.24) is 24.9 Å². The van der Waals surface area contributed by atoms with E-state index in [1.165, 1.54) is 0 Å². The molecule has 7 nitrogen and oxygen atoms in total. The first-order valence-electron chi connectivity index (χ1n) is 10.0. The van der Waals surface area contributed by atoms with Crippen molar-refractivity contribution in [2.75, 3.05) is 39.3 Å². The largest absolute Gasteiger partial charge is 0.342 e. The lowest BCUT2D eigenvalue weighted by Gasteiger charge is -2.42. The smallest absolute Gasteiger partial charge is 0.271 e. The fraction of sp³-hybridized carbons (Fsp3) is 0.737. The van der Waals surface area contributed by atoms with Crippen LogP contribution in [0.1, 0.15) is 49.0 Å². The van der Waals surface area contributed by atoms with E-state index >= 15 is 0 Å². The summed E-state index contributed by atoms with van der Waals surface area (Å²) in [5.74, 6) is 0.590. The van der Waals surface area contributed by atoms with Gasteiger partial charge in [-0.05, 0) is 51.1 Å². The summed E-state index contributed by atoms with van der Waals surface area (Å²) in [5.41, 5.74) is 0.567. The van der Waals surface area contributed by atoms with Gasteiger partial charge in [0.05, 0.1) is 5.92 Å². The van der Waals surface area contributed by atoms with Crippen LogP contribution in [0, 0.1) is 5.92 Å². The van der Waals surface area contributed by atoms with Crippen LogP contribution in [0.4, 0.5) is 0 Å². The topological polar surface area (TPSA) is 72.5 Å². The summed E-state index contributed by atoms with van der Waals surface area (Å²) in [4.78, 5) is 31.7. The molecule has 3 aliphatic rings. The summed E-state index contributed by atoms with van der Waals surface area (Å²) < 4.78 is 0. The average molecular weight is 359 g/mol. The molecule has 0 radical (unpaired) electrons. The van der Waals surface area contributed by atoms with Crippen molar-refractivity contribution in [1.29, 1.82) is 0 Å². The molecule has 3 aliphatic heterocycles. The van der Waals surface area contributed by atoms with E-state index in [2.05, 4.69) is 20.0 Å². The molecule has 1 atom stereocenters. The second-order valence-electron chi connectivity index (χ2n) is 7.86. The number of rotatable bonds is 3. The third-order valence-corrected chi connectivity index (χ3v) is 6.22. The average Bonchev–Trinajstić information content (AvgIpc) is 3.41. The SMILES string of the molecule is O=C(c1ccn[nH]1)N1CCC(N2CCC[C@H](C(=O)N3CCCC3)C2)CC1. The maximum atomic E-state index is 12.7. The number of hydrogen-bond donors (Lipinski definition) is 1. The number of carbonyl (C=O) groups is 2. The summed E-state index contributed by atoms with van der Waals surface area (Å²) in [6.07, 6.45) is 8.05. The Balaban J connectivity index is 1.30. The van der Waals surface area contributed by atoms with E-state index < -0.39 is 0 Å². The molecular formula is C19H29N5O2. The standard InChI is InChI=1S/C19H29N5O2/c25-18(22-9-1-2-10-22)15-4-3-11-24(14-15)16-6-12-23(13-7-16)19(26)17-5-8-20-21-17/h5,8,15-16H,1-4,6-7,9-14H2,(H,20,21)/t15-/m0/s1. The van der Waals surface area contributed by atoms with Crippen LogP contribution < -0.4 is 0 Å². The molecule has 1 aromatic heterocycles. The zero-order chi connectivity index (χ0) is 17.9. The second-order valence-corrected chi connectivity index (χ2v) is 7.86. The molecule has 1 aromatic rings. The first-order valence-corrected chi connectivity index (χ1v) is 10.0. The van der Waals surface area contributed by atoms with Gasteiger partial charge in [-0.2, -0.15) is 5.10 Å². The second kappa shape index (κ2) is 7.78. The zero-order valence-corrected chi connectivity index (χ0v) is 15.4. The van der Waals surface area contributed by atoms with Gasteiger partial charge in [0.2, 0.25) is 5.91 Å². The molecule has 4 rings (SSSR count). The highest BCUT2D eigenvalue weighted by Crippen LogP contribution is 2.26. The van der Waals surface area contributed by atoms with Gasteiger partial charge in [-0.3, -0.25) is 19.6 Å². The molecule has 0 spiro atoms. The number of hydrogen-bond acceptors (Lipinski definition) is 4. The van der Waals surface area contributed by atoms with Gasteiger partial charge in [-0.1, -0.05) is 0 Å². The highest BCUT2D eigenvalue weighted by atomic mass is 16.2. The van der Waals surface area contributed by atoms with Gasteiger partial charge in [0.25, 0.3) is 5.91 Å². The lowest BCUT2D eigenvalue weighted by atomic mass is 9.93. The molecule has 0 saturated carbocycles. The number of H-pyrrole nitrogens is 1. The predicted molar refractivity (Wildman–Crippen MR) is 97.6 cm³/mol. The number of nitrogens with zero attached hydrogens (tertiary/aromatic N) is 4. The normalized spacial score (nSPS) is 25.6. The van der Waals surface area contributed by atoms with E-state index in [1.54, 1.807) is 12.3 Å². The maximum Gasteiger partial charge on any atom is 0.271 e. The van der Waals surface area contributed by atoms with Gasteiger partial charge in [0.1, 0.15) is 5.69 Å². The lowest BCUT2D eigenvalue weighted by molar-refractivity contribution is -0.136. The summed E-state index contributed by atoms with van der Waals surface area (Å²) >= 11 is 0. The van der Waals surface area contributed by atoms with Gasteiger partial charge in [-0.25, -0.2) is 0 Å². The molecule has 2 amide bonds. The molecule has 7 heteroatoms. The van der Waals surface area contributed by atoms with Gasteiger partial charge >= 0.3 is 0 Å². The predicted octanol–water partition coefficient (Wildman–Crippen LogP) is 1.35. The van der Waals surface area contributed by atoms with Crippen LogP contribution in [0.3, 0.4) is 0 Å². The molecular weight excluding hydrogens is 330 g/mol. The Morgan fingerprint density at radius 1 is 0.962 bits per heavy atom. The van der Waals surface area contributed by atoms with E-state index in [0.29, 0.717) is 17.6 Å². The molecule has 3 saturated heterocycles. The third-order valence-electron chi connectivity index (χ3n) is 6.22. The Labute approximate surface area is 154 Å². The first-order chi connectivity index (χ1) is 12.7. The molecule has 0 bridgehead atoms. The number of aromatic nitrogens is 2. The molecule has 3 fully saturated rings. The van der Waals surface area contributed by atoms with E-state index in [9.17, 15) is 9.59 Å². The summed E-state index contributed by atoms with van der Waals surface area (Å²) in [7, 11) is 0. The number of carbonyl (C=O) groups excluding carboxylic acids is 2. The fourth-order valence-electron chi connectivity index (χ4n) is 4.71. The van der Waals surface area contributed by atoms with Gasteiger partial charge < -0.3 is 9.80 Å². The monoisotopic (exact) mass is 359 g/mol. The Bertz CT molecular complexity index is 618. The molecule has 26 heavy (non-hydrogen) atoms. The Kier molecular flexibility index (Phi) is 5.24. The molecule has 0 aromatic carbocycles. The Morgan fingerprint density at radius 2 is 1.73 bits per heavy atom. The van der Waals surface area contributed by atoms with Crippen LogP contribution >= 0.6 is 0 Å². The van der Waals surface area contributed by atoms with Crippen molar-refractivity contribution in [3.05, 3.63) is 18.0 Å². The minimum Gasteiger partial charge on any atom is -0.342 e. The Hall–Kier alpha value is -1.89. The molecule has 4 heterocycles. The van der Waals surface area contributed by atoms with Crippen LogP contribution in [-0.2, 0) is 4.79 Å². The molecule has 0 aliphatic carbocycles. The number of likely N-dealkylation sites (tertiary alicyclic amines) is 3. The van der Waals surface area contributed by atoms with Crippen molar-refractivity contribution >= 4 is 11.8 Å². The number of piperidine rings is 2. The first kappa shape index (κ1) is 17.5. The minimum absolute atomic E-state index is 0.0432. The zero-order valence-electron chi connectivity index (χ0n) is 15.4. The van der Waals surface area contributed by atoms with Gasteiger partial charge in [0, 0.05) is 45.0 Å². The van der Waals surface area contributed by atoms with E-state index in [4.69, 9.17) is 0 Å². The van der Waals surface area contributed by atoms with E-state index in [1.807, 2.05) is 4.90 Å². The number of aromatic amines is 1. The van der Waals surface area contributed by atoms with Crippen molar-refractivity contribution < 1.29 is 9.59 Å². The van der Waals surface area contributed by atoms with E-state index in [-0.39, 0.29) is 11.8 Å². The maximum absolute atomic E-state index is 12.7. The van der Waals surface area contributed by atoms with Crippen molar-refractivity contribution in [3.63, 3.8) is 0 Å². The number of nitrogens with one attached hydrogen (secondary N) is 1. The van der Waals surface area contributed by atoms with Crippen LogP contribution in [-0.4, -0.2) is 82.0 Å². The molecule has 142 valence electrons. The summed E-state index contributed by atoms with van der Waals surface area (Å²) in [6, 6.07) is 2.23. The quantitative estimate of drug-likeness (QED) is 0.884. The van der Waals surface area contributed by atoms with Crippen LogP contribution in [0.5, 0.6) is 0 Å². The van der Waals surface area contributed by atoms with E-state index in [0.717, 1.165) is 77.8 Å². The number of amides is 2. The van der Waals surface area contributed by atoms with Gasteiger partial charge in [-0.15, -0.1) is 0 Å². The van der Waals surface area contributed by atoms with Crippen LogP contribution in [0.25, 0.3) is 0 Å². The highest BCUT2D eigenvalue weighted by molar-refractivity contribution is 5.92. The Morgan fingerprint density at radius 3 is 2.42 bits per heavy atom. The summed E-state index contributed by atoms with van der Waals surface area (Å²) in [6.45, 7) is 5.44. The summed E-state index contributed by atoms with van der Waals surface area (Å²) in [5, 5.41) is 6.63. The minimum atomic E-state index is 0.0432. The third kappa shape index (κ3) is 3.63. The fourth-order valence-corrected chi connectivity index (χ4v) is 4.71. The van der Waals surface area contributed by atoms with Crippen LogP contribution in [0.15, 0.2) is 12.3 Å². The highest BCUT2D eigenvalue weighted by Gasteiger charge is 2.34. The van der Waals surface area contributed by atoms with Gasteiger partial charge in [0.15, 0.2) is 0 Å². The molecule has 1 N–H and O–H groups in total. The van der Waals surface area contributed by atoms with Crippen molar-refractivity contribution in [3.8, 4) is 0 Å². The van der Waals surface area contributed by atoms with Crippen molar-refractivity contribution in [2.45, 2.75) is 44.6 Å². The molecule has 0 unspecified atom stereocenters. The van der Waals surface area contributed by atoms with Crippen LogP contribution in [0.2, 0.25) is 0 Å². The lowest BCUT2D eigenvalue weighted by Crippen LogP contribution is -2.51.